The Labute approximate surface area is 142 Å². The van der Waals surface area contributed by atoms with Gasteiger partial charge < -0.3 is 14.0 Å². The number of aryl methyl sites for hydroxylation is 2. The second kappa shape index (κ2) is 6.95. The van der Waals surface area contributed by atoms with E-state index in [0.29, 0.717) is 5.92 Å². The van der Waals surface area contributed by atoms with Gasteiger partial charge in [-0.3, -0.25) is 4.79 Å². The van der Waals surface area contributed by atoms with Crippen molar-refractivity contribution in [2.75, 3.05) is 13.7 Å². The van der Waals surface area contributed by atoms with Crippen molar-refractivity contribution in [1.82, 2.24) is 4.57 Å². The maximum atomic E-state index is 11.5. The molecule has 1 aromatic heterocycles. The van der Waals surface area contributed by atoms with Gasteiger partial charge in [0.05, 0.1) is 13.7 Å². The highest BCUT2D eigenvalue weighted by Gasteiger charge is 2.22. The fourth-order valence-corrected chi connectivity index (χ4v) is 2.67. The minimum absolute atomic E-state index is 0.0369. The summed E-state index contributed by atoms with van der Waals surface area (Å²) in [4.78, 5) is 11.5. The number of methoxy groups -OCH3 is 1. The molecule has 0 N–H and O–H groups in total. The van der Waals surface area contributed by atoms with Crippen molar-refractivity contribution in [2.24, 2.45) is 5.92 Å². The summed E-state index contributed by atoms with van der Waals surface area (Å²) in [6.07, 6.45) is 6.49. The van der Waals surface area contributed by atoms with E-state index in [-0.39, 0.29) is 5.43 Å². The number of benzene rings is 1. The second-order valence-corrected chi connectivity index (χ2v) is 6.32. The lowest BCUT2D eigenvalue weighted by atomic mass is 10.2. The Hall–Kier alpha value is -2.49. The number of aromatic nitrogens is 1. The number of hydrogen-bond acceptors (Lipinski definition) is 3. The van der Waals surface area contributed by atoms with Crippen LogP contribution in [0.1, 0.15) is 29.8 Å². The van der Waals surface area contributed by atoms with E-state index in [1.54, 1.807) is 19.2 Å². The molecule has 0 bridgehead atoms. The van der Waals surface area contributed by atoms with Gasteiger partial charge in [0.2, 0.25) is 0 Å². The van der Waals surface area contributed by atoms with Gasteiger partial charge in [-0.2, -0.15) is 0 Å². The summed E-state index contributed by atoms with van der Waals surface area (Å²) in [5.41, 5.74) is 2.89. The average Bonchev–Trinajstić information content (AvgIpc) is 3.36. The molecule has 1 aliphatic carbocycles. The molecule has 3 rings (SSSR count). The van der Waals surface area contributed by atoms with Crippen molar-refractivity contribution >= 4 is 12.3 Å². The molecule has 126 valence electrons. The highest BCUT2D eigenvalue weighted by atomic mass is 16.5. The smallest absolute Gasteiger partial charge is 0.182 e. The van der Waals surface area contributed by atoms with Crippen molar-refractivity contribution in [3.05, 3.63) is 57.5 Å². The predicted octanol–water partition coefficient (Wildman–Crippen LogP) is 3.89. The minimum Gasteiger partial charge on any atom is -0.493 e. The summed E-state index contributed by atoms with van der Waals surface area (Å²) in [6, 6.07) is 9.18. The van der Waals surface area contributed by atoms with E-state index < -0.39 is 0 Å². The predicted molar refractivity (Wildman–Crippen MR) is 96.6 cm³/mol. The molecular formula is C20H23NO3. The molecule has 2 aromatic rings. The van der Waals surface area contributed by atoms with E-state index in [0.717, 1.165) is 35.1 Å². The first-order valence-corrected chi connectivity index (χ1v) is 8.25. The molecule has 1 aliphatic rings. The lowest BCUT2D eigenvalue weighted by Gasteiger charge is -2.12. The molecule has 1 aromatic carbocycles. The van der Waals surface area contributed by atoms with Crippen molar-refractivity contribution in [2.45, 2.75) is 26.7 Å². The Morgan fingerprint density at radius 2 is 1.83 bits per heavy atom. The molecule has 0 amide bonds. The van der Waals surface area contributed by atoms with E-state index in [1.165, 1.54) is 12.8 Å². The van der Waals surface area contributed by atoms with Crippen LogP contribution in [-0.4, -0.2) is 18.3 Å². The highest BCUT2D eigenvalue weighted by Crippen LogP contribution is 2.33. The summed E-state index contributed by atoms with van der Waals surface area (Å²) < 4.78 is 13.3. The third kappa shape index (κ3) is 3.88. The van der Waals surface area contributed by atoms with Crippen LogP contribution in [0.4, 0.5) is 0 Å². The molecule has 0 radical (unpaired) electrons. The van der Waals surface area contributed by atoms with E-state index in [9.17, 15) is 4.79 Å². The molecule has 0 atom stereocenters. The molecule has 0 unspecified atom stereocenters. The lowest BCUT2D eigenvalue weighted by molar-refractivity contribution is 0.280. The fourth-order valence-electron chi connectivity index (χ4n) is 2.67. The summed E-state index contributed by atoms with van der Waals surface area (Å²) in [5, 5.41) is 0. The molecule has 0 aliphatic heterocycles. The van der Waals surface area contributed by atoms with E-state index in [4.69, 9.17) is 9.47 Å². The summed E-state index contributed by atoms with van der Waals surface area (Å²) in [5.74, 6) is 2.23. The van der Waals surface area contributed by atoms with Gasteiger partial charge in [-0.25, -0.2) is 0 Å². The van der Waals surface area contributed by atoms with E-state index in [2.05, 4.69) is 0 Å². The lowest BCUT2D eigenvalue weighted by Crippen LogP contribution is -2.08. The Bertz CT molecular complexity index is 790. The van der Waals surface area contributed by atoms with Crippen LogP contribution in [0, 0.1) is 19.8 Å². The molecule has 1 fully saturated rings. The first-order valence-electron chi connectivity index (χ1n) is 8.25. The average molecular weight is 325 g/mol. The van der Waals surface area contributed by atoms with Crippen molar-refractivity contribution in [3.63, 3.8) is 0 Å². The van der Waals surface area contributed by atoms with Crippen LogP contribution in [0.25, 0.3) is 12.3 Å². The highest BCUT2D eigenvalue weighted by molar-refractivity contribution is 5.64. The summed E-state index contributed by atoms with van der Waals surface area (Å²) >= 11 is 0. The van der Waals surface area contributed by atoms with Crippen LogP contribution in [0.2, 0.25) is 0 Å². The van der Waals surface area contributed by atoms with Gasteiger partial charge in [-0.15, -0.1) is 0 Å². The quantitative estimate of drug-likeness (QED) is 0.809. The van der Waals surface area contributed by atoms with E-state index >= 15 is 0 Å². The molecule has 4 heteroatoms. The molecule has 0 saturated heterocycles. The van der Waals surface area contributed by atoms with Crippen molar-refractivity contribution in [1.29, 1.82) is 0 Å². The van der Waals surface area contributed by atoms with Crippen LogP contribution in [-0.2, 0) is 0 Å². The van der Waals surface area contributed by atoms with Gasteiger partial charge >= 0.3 is 0 Å². The molecule has 0 spiro atoms. The van der Waals surface area contributed by atoms with Gasteiger partial charge in [0.25, 0.3) is 0 Å². The van der Waals surface area contributed by atoms with Gasteiger partial charge in [0, 0.05) is 29.7 Å². The maximum Gasteiger partial charge on any atom is 0.182 e. The normalized spacial score (nSPS) is 14.1. The largest absolute Gasteiger partial charge is 0.493 e. The molecule has 1 saturated carbocycles. The first kappa shape index (κ1) is 16.4. The van der Waals surface area contributed by atoms with Crippen LogP contribution < -0.4 is 14.9 Å². The molecule has 1 heterocycles. The molecular weight excluding hydrogens is 302 g/mol. The third-order valence-corrected chi connectivity index (χ3v) is 4.24. The zero-order valence-electron chi connectivity index (χ0n) is 14.4. The van der Waals surface area contributed by atoms with Gasteiger partial charge in [-0.05, 0) is 56.4 Å². The fraction of sp³-hybridized carbons (Fsp3) is 0.350. The summed E-state index contributed by atoms with van der Waals surface area (Å²) in [7, 11) is 1.65. The van der Waals surface area contributed by atoms with Crippen LogP contribution in [0.3, 0.4) is 0 Å². The number of rotatable bonds is 6. The van der Waals surface area contributed by atoms with Crippen molar-refractivity contribution in [3.8, 4) is 11.5 Å². The standard InChI is InChI=1S/C20H23NO3/c1-14-10-18(22)11-15(2)21(14)9-8-16-6-7-19(23-3)20(12-16)24-13-17-4-5-17/h6-12,17H,4-5,13H2,1-3H3/b9-8+. The van der Waals surface area contributed by atoms with Crippen LogP contribution >= 0.6 is 0 Å². The Balaban J connectivity index is 1.83. The van der Waals surface area contributed by atoms with Gasteiger partial charge in [0.1, 0.15) is 0 Å². The topological polar surface area (TPSA) is 40.5 Å². The Kier molecular flexibility index (Phi) is 4.74. The van der Waals surface area contributed by atoms with Crippen LogP contribution in [0.5, 0.6) is 11.5 Å². The number of pyridine rings is 1. The zero-order valence-corrected chi connectivity index (χ0v) is 14.4. The number of hydrogen-bond donors (Lipinski definition) is 0. The number of ether oxygens (including phenoxy) is 2. The van der Waals surface area contributed by atoms with Gasteiger partial charge in [-0.1, -0.05) is 6.07 Å². The minimum atomic E-state index is 0.0369. The molecule has 4 nitrogen and oxygen atoms in total. The Morgan fingerprint density at radius 3 is 2.46 bits per heavy atom. The van der Waals surface area contributed by atoms with Gasteiger partial charge in [0.15, 0.2) is 16.9 Å². The van der Waals surface area contributed by atoms with Crippen LogP contribution in [0.15, 0.2) is 35.1 Å². The van der Waals surface area contributed by atoms with Crippen molar-refractivity contribution < 1.29 is 9.47 Å². The Morgan fingerprint density at radius 1 is 1.12 bits per heavy atom. The maximum absolute atomic E-state index is 11.5. The third-order valence-electron chi connectivity index (χ3n) is 4.24. The molecule has 24 heavy (non-hydrogen) atoms. The summed E-state index contributed by atoms with van der Waals surface area (Å²) in [6.45, 7) is 4.61. The first-order chi connectivity index (χ1) is 11.6. The SMILES string of the molecule is COc1ccc(/C=C/n2c(C)cc(=O)cc2C)cc1OCC1CC1. The zero-order chi connectivity index (χ0) is 17.1. The van der Waals surface area contributed by atoms with E-state index in [1.807, 2.05) is 48.9 Å². The second-order valence-electron chi connectivity index (χ2n) is 6.32. The monoisotopic (exact) mass is 325 g/mol. The number of nitrogens with zero attached hydrogens (tertiary/aromatic N) is 1.